The second-order valence-electron chi connectivity index (χ2n) is 5.56. The maximum atomic E-state index is 12.0. The van der Waals surface area contributed by atoms with Crippen molar-refractivity contribution in [3.63, 3.8) is 0 Å². The van der Waals surface area contributed by atoms with Crippen LogP contribution in [0, 0.1) is 0 Å². The molecule has 0 fully saturated rings. The fraction of sp³-hybridized carbons (Fsp3) is 0.412. The molecule has 0 radical (unpaired) electrons. The topological polar surface area (TPSA) is 74.1 Å². The second kappa shape index (κ2) is 7.67. The van der Waals surface area contributed by atoms with E-state index in [1.54, 1.807) is 36.7 Å². The van der Waals surface area contributed by atoms with E-state index in [9.17, 15) is 9.59 Å². The normalized spacial score (nSPS) is 10.8. The lowest BCUT2D eigenvalue weighted by Crippen LogP contribution is -2.12. The summed E-state index contributed by atoms with van der Waals surface area (Å²) in [6, 6.07) is 6.98. The molecule has 0 unspecified atom stereocenters. The summed E-state index contributed by atoms with van der Waals surface area (Å²) < 4.78 is 6.82. The van der Waals surface area contributed by atoms with E-state index >= 15 is 0 Å². The molecule has 0 bridgehead atoms. The highest BCUT2D eigenvalue weighted by molar-refractivity contribution is 5.90. The Hall–Kier alpha value is -2.50. The molecule has 6 heteroatoms. The van der Waals surface area contributed by atoms with Gasteiger partial charge in [-0.3, -0.25) is 4.79 Å². The van der Waals surface area contributed by atoms with Gasteiger partial charge in [-0.15, -0.1) is 5.10 Å². The largest absolute Gasteiger partial charge is 0.459 e. The molecule has 0 saturated carbocycles. The first-order chi connectivity index (χ1) is 11.1. The predicted molar refractivity (Wildman–Crippen MR) is 85.9 cm³/mol. The average Bonchev–Trinajstić information content (AvgIpc) is 2.95. The van der Waals surface area contributed by atoms with Gasteiger partial charge in [0.25, 0.3) is 0 Å². The van der Waals surface area contributed by atoms with Crippen LogP contribution in [0.5, 0.6) is 0 Å². The zero-order valence-corrected chi connectivity index (χ0v) is 13.7. The highest BCUT2D eigenvalue weighted by Crippen LogP contribution is 2.17. The molecule has 0 aliphatic heterocycles. The molecule has 0 atom stereocenters. The molecular weight excluding hydrogens is 294 g/mol. The third-order valence-electron chi connectivity index (χ3n) is 3.34. The zero-order valence-electron chi connectivity index (χ0n) is 13.7. The number of hydrogen-bond donors (Lipinski definition) is 0. The van der Waals surface area contributed by atoms with E-state index in [0.29, 0.717) is 29.7 Å². The molecule has 1 aromatic carbocycles. The van der Waals surface area contributed by atoms with Crippen molar-refractivity contribution in [3.05, 3.63) is 41.2 Å². The van der Waals surface area contributed by atoms with Gasteiger partial charge in [0.2, 0.25) is 0 Å². The Morgan fingerprint density at radius 1 is 1.39 bits per heavy atom. The number of carbonyl (C=O) groups excluding carboxylic acids is 2. The Morgan fingerprint density at radius 3 is 2.83 bits per heavy atom. The fourth-order valence-corrected chi connectivity index (χ4v) is 2.24. The maximum absolute atomic E-state index is 12.0. The molecule has 0 spiro atoms. The van der Waals surface area contributed by atoms with Gasteiger partial charge in [0.05, 0.1) is 23.0 Å². The Bertz CT molecular complexity index is 692. The first kappa shape index (κ1) is 16.9. The number of unbranched alkanes of at least 4 members (excludes halogenated alkanes) is 1. The van der Waals surface area contributed by atoms with E-state index in [1.807, 2.05) is 6.07 Å². The molecular formula is C17H21N3O3. The van der Waals surface area contributed by atoms with E-state index in [2.05, 4.69) is 17.2 Å². The van der Waals surface area contributed by atoms with Gasteiger partial charge in [-0.25, -0.2) is 9.48 Å². The molecule has 0 aliphatic rings. The summed E-state index contributed by atoms with van der Waals surface area (Å²) in [5, 5.41) is 7.97. The van der Waals surface area contributed by atoms with Crippen molar-refractivity contribution in [2.24, 2.45) is 0 Å². The van der Waals surface area contributed by atoms with Crippen molar-refractivity contribution in [1.82, 2.24) is 15.0 Å². The molecule has 1 heterocycles. The Kier molecular flexibility index (Phi) is 5.62. The van der Waals surface area contributed by atoms with E-state index in [-0.39, 0.29) is 12.1 Å². The number of benzene rings is 1. The molecule has 0 saturated heterocycles. The van der Waals surface area contributed by atoms with Crippen LogP contribution in [-0.2, 0) is 11.2 Å². The number of aldehydes is 1. The first-order valence-corrected chi connectivity index (χ1v) is 7.78. The zero-order chi connectivity index (χ0) is 16.8. The van der Waals surface area contributed by atoms with Crippen LogP contribution in [0.2, 0.25) is 0 Å². The van der Waals surface area contributed by atoms with Gasteiger partial charge in [0.15, 0.2) is 6.29 Å². The minimum atomic E-state index is -0.382. The highest BCUT2D eigenvalue weighted by atomic mass is 16.5. The lowest BCUT2D eigenvalue weighted by Gasteiger charge is -2.10. The van der Waals surface area contributed by atoms with E-state index < -0.39 is 0 Å². The summed E-state index contributed by atoms with van der Waals surface area (Å²) >= 11 is 0. The third kappa shape index (κ3) is 4.03. The Balaban J connectivity index is 2.37. The number of ether oxygens (including phenoxy) is 1. The SMILES string of the molecule is CCCCc1c(C=O)nnn1-c1cccc(C(=O)OC(C)C)c1. The predicted octanol–water partition coefficient (Wildman–Crippen LogP) is 2.99. The van der Waals surface area contributed by atoms with Crippen LogP contribution >= 0.6 is 0 Å². The molecule has 122 valence electrons. The van der Waals surface area contributed by atoms with Crippen molar-refractivity contribution in [2.45, 2.75) is 46.1 Å². The molecule has 2 aromatic rings. The van der Waals surface area contributed by atoms with Crippen molar-refractivity contribution < 1.29 is 14.3 Å². The van der Waals surface area contributed by atoms with Gasteiger partial charge in [-0.1, -0.05) is 24.6 Å². The Morgan fingerprint density at radius 2 is 2.17 bits per heavy atom. The molecule has 2 rings (SSSR count). The average molecular weight is 315 g/mol. The lowest BCUT2D eigenvalue weighted by atomic mass is 10.1. The summed E-state index contributed by atoms with van der Waals surface area (Å²) in [7, 11) is 0. The minimum Gasteiger partial charge on any atom is -0.459 e. The van der Waals surface area contributed by atoms with Crippen LogP contribution in [-0.4, -0.2) is 33.4 Å². The van der Waals surface area contributed by atoms with E-state index in [4.69, 9.17) is 4.74 Å². The molecule has 0 aliphatic carbocycles. The summed E-state index contributed by atoms with van der Waals surface area (Å²) in [5.41, 5.74) is 2.24. The van der Waals surface area contributed by atoms with Crippen molar-refractivity contribution in [3.8, 4) is 5.69 Å². The third-order valence-corrected chi connectivity index (χ3v) is 3.34. The van der Waals surface area contributed by atoms with Crippen LogP contribution < -0.4 is 0 Å². The van der Waals surface area contributed by atoms with Crippen LogP contribution in [0.25, 0.3) is 5.69 Å². The number of rotatable bonds is 7. The fourth-order valence-electron chi connectivity index (χ4n) is 2.24. The van der Waals surface area contributed by atoms with Gasteiger partial charge in [0.1, 0.15) is 5.69 Å². The lowest BCUT2D eigenvalue weighted by molar-refractivity contribution is 0.0378. The summed E-state index contributed by atoms with van der Waals surface area (Å²) in [6.45, 7) is 5.69. The van der Waals surface area contributed by atoms with Gasteiger partial charge < -0.3 is 4.74 Å². The first-order valence-electron chi connectivity index (χ1n) is 7.78. The standard InChI is InChI=1S/C17H21N3O3/c1-4-5-9-16-15(11-21)18-19-20(16)14-8-6-7-13(10-14)17(22)23-12(2)3/h6-8,10-12H,4-5,9H2,1-3H3. The van der Waals surface area contributed by atoms with Gasteiger partial charge in [-0.05, 0) is 44.9 Å². The van der Waals surface area contributed by atoms with E-state index in [0.717, 1.165) is 18.5 Å². The number of aromatic nitrogens is 3. The molecule has 0 N–H and O–H groups in total. The number of carbonyl (C=O) groups is 2. The highest BCUT2D eigenvalue weighted by Gasteiger charge is 2.15. The summed E-state index contributed by atoms with van der Waals surface area (Å²) in [4.78, 5) is 23.2. The second-order valence-corrected chi connectivity index (χ2v) is 5.56. The van der Waals surface area contributed by atoms with Gasteiger partial charge in [0, 0.05) is 0 Å². The molecule has 1 aromatic heterocycles. The summed E-state index contributed by atoms with van der Waals surface area (Å²) in [5.74, 6) is -0.382. The smallest absolute Gasteiger partial charge is 0.338 e. The summed E-state index contributed by atoms with van der Waals surface area (Å²) in [6.07, 6.45) is 3.18. The maximum Gasteiger partial charge on any atom is 0.338 e. The quantitative estimate of drug-likeness (QED) is 0.580. The van der Waals surface area contributed by atoms with Crippen LogP contribution in [0.15, 0.2) is 24.3 Å². The number of nitrogens with zero attached hydrogens (tertiary/aromatic N) is 3. The molecule has 0 amide bonds. The van der Waals surface area contributed by atoms with Crippen LogP contribution in [0.4, 0.5) is 0 Å². The number of esters is 1. The van der Waals surface area contributed by atoms with Crippen LogP contribution in [0.3, 0.4) is 0 Å². The van der Waals surface area contributed by atoms with Crippen molar-refractivity contribution >= 4 is 12.3 Å². The van der Waals surface area contributed by atoms with E-state index in [1.165, 1.54) is 0 Å². The van der Waals surface area contributed by atoms with Crippen LogP contribution in [0.1, 0.15) is 60.2 Å². The number of hydrogen-bond acceptors (Lipinski definition) is 5. The minimum absolute atomic E-state index is 0.181. The van der Waals surface area contributed by atoms with Gasteiger partial charge >= 0.3 is 5.97 Å². The van der Waals surface area contributed by atoms with Crippen molar-refractivity contribution in [2.75, 3.05) is 0 Å². The van der Waals surface area contributed by atoms with Crippen molar-refractivity contribution in [1.29, 1.82) is 0 Å². The molecule has 6 nitrogen and oxygen atoms in total. The monoisotopic (exact) mass is 315 g/mol. The Labute approximate surface area is 135 Å². The molecule has 23 heavy (non-hydrogen) atoms. The van der Waals surface area contributed by atoms with Gasteiger partial charge in [-0.2, -0.15) is 0 Å².